The molecule has 0 radical (unpaired) electrons. The van der Waals surface area contributed by atoms with Crippen LogP contribution in [0, 0.1) is 5.92 Å². The summed E-state index contributed by atoms with van der Waals surface area (Å²) in [7, 11) is 1.60. The summed E-state index contributed by atoms with van der Waals surface area (Å²) in [5, 5.41) is 4.11. The third kappa shape index (κ3) is 4.79. The molecule has 2 atom stereocenters. The number of ether oxygens (including phenoxy) is 2. The molecule has 0 aliphatic heterocycles. The molecule has 7 heteroatoms. The Bertz CT molecular complexity index is 1290. The van der Waals surface area contributed by atoms with Crippen LogP contribution in [0.15, 0.2) is 79.1 Å². The molecule has 34 heavy (non-hydrogen) atoms. The zero-order valence-electron chi connectivity index (χ0n) is 18.8. The third-order valence-electron chi connectivity index (χ3n) is 5.95. The summed E-state index contributed by atoms with van der Waals surface area (Å²) in [6, 6.07) is 17.4. The smallest absolute Gasteiger partial charge is 0.228 e. The predicted molar refractivity (Wildman–Crippen MR) is 134 cm³/mol. The van der Waals surface area contributed by atoms with Gasteiger partial charge in [0.15, 0.2) is 11.5 Å². The van der Waals surface area contributed by atoms with Gasteiger partial charge in [-0.3, -0.25) is 9.78 Å². The number of nitrogens with zero attached hydrogens (tertiary/aromatic N) is 2. The molecule has 0 bridgehead atoms. The monoisotopic (exact) mass is 471 g/mol. The Labute approximate surface area is 202 Å². The second kappa shape index (κ2) is 10.1. The highest BCUT2D eigenvalue weighted by Crippen LogP contribution is 2.39. The van der Waals surface area contributed by atoms with Crippen LogP contribution in [-0.2, 0) is 11.4 Å². The standard InChI is InChI=1S/C27H25N3O3S/c1-32-23-13-12-19(15-24(23)33-17-18-7-6-14-28-16-18)29-26(31)20-8-2-3-9-21(20)27-30-22-10-4-5-11-25(22)34-27/h2-7,10-16,20-21H,8-9,17H2,1H3,(H,29,31). The number of thiazole rings is 1. The number of hydrogen-bond donors (Lipinski definition) is 1. The topological polar surface area (TPSA) is 73.3 Å². The van der Waals surface area contributed by atoms with E-state index < -0.39 is 0 Å². The fraction of sp³-hybridized carbons (Fsp3) is 0.222. The Balaban J connectivity index is 1.33. The van der Waals surface area contributed by atoms with E-state index in [2.05, 4.69) is 28.5 Å². The van der Waals surface area contributed by atoms with Crippen LogP contribution in [0.25, 0.3) is 10.2 Å². The number of nitrogens with one attached hydrogen (secondary N) is 1. The van der Waals surface area contributed by atoms with E-state index in [9.17, 15) is 4.79 Å². The van der Waals surface area contributed by atoms with Crippen molar-refractivity contribution in [2.75, 3.05) is 12.4 Å². The highest BCUT2D eigenvalue weighted by Gasteiger charge is 2.32. The summed E-state index contributed by atoms with van der Waals surface area (Å²) in [5.41, 5.74) is 2.61. The second-order valence-electron chi connectivity index (χ2n) is 8.18. The molecule has 0 fully saturated rings. The van der Waals surface area contributed by atoms with Gasteiger partial charge in [-0.25, -0.2) is 4.98 Å². The third-order valence-corrected chi connectivity index (χ3v) is 7.11. The number of rotatable bonds is 7. The van der Waals surface area contributed by atoms with Gasteiger partial charge >= 0.3 is 0 Å². The number of aromatic nitrogens is 2. The van der Waals surface area contributed by atoms with Crippen LogP contribution in [0.5, 0.6) is 11.5 Å². The molecular formula is C27H25N3O3S. The molecular weight excluding hydrogens is 446 g/mol. The van der Waals surface area contributed by atoms with Gasteiger partial charge < -0.3 is 14.8 Å². The van der Waals surface area contributed by atoms with Crippen LogP contribution < -0.4 is 14.8 Å². The van der Waals surface area contributed by atoms with Crippen molar-refractivity contribution in [1.29, 1.82) is 0 Å². The fourth-order valence-electron chi connectivity index (χ4n) is 4.17. The van der Waals surface area contributed by atoms with E-state index in [1.165, 1.54) is 0 Å². The van der Waals surface area contributed by atoms with Gasteiger partial charge in [0.2, 0.25) is 5.91 Å². The molecule has 0 spiro atoms. The first-order valence-corrected chi connectivity index (χ1v) is 12.0. The molecule has 2 aromatic heterocycles. The van der Waals surface area contributed by atoms with Crippen molar-refractivity contribution in [3.8, 4) is 11.5 Å². The van der Waals surface area contributed by atoms with Crippen LogP contribution in [0.1, 0.15) is 29.3 Å². The number of hydrogen-bond acceptors (Lipinski definition) is 6. The Hall–Kier alpha value is -3.71. The summed E-state index contributed by atoms with van der Waals surface area (Å²) in [6.07, 6.45) is 9.22. The molecule has 2 heterocycles. The molecule has 172 valence electrons. The molecule has 4 aromatic rings. The minimum absolute atomic E-state index is 0.0167. The summed E-state index contributed by atoms with van der Waals surface area (Å²) >= 11 is 1.68. The largest absolute Gasteiger partial charge is 0.493 e. The van der Waals surface area contributed by atoms with Crippen LogP contribution in [0.4, 0.5) is 5.69 Å². The lowest BCUT2D eigenvalue weighted by Gasteiger charge is -2.26. The molecule has 1 N–H and O–H groups in total. The minimum Gasteiger partial charge on any atom is -0.493 e. The van der Waals surface area contributed by atoms with Gasteiger partial charge in [-0.15, -0.1) is 11.3 Å². The van der Waals surface area contributed by atoms with Crippen molar-refractivity contribution in [2.45, 2.75) is 25.4 Å². The van der Waals surface area contributed by atoms with E-state index in [1.54, 1.807) is 43.0 Å². The SMILES string of the molecule is COc1ccc(NC(=O)C2CC=CCC2c2nc3ccccc3s2)cc1OCc1cccnc1. The van der Waals surface area contributed by atoms with Crippen LogP contribution in [0.2, 0.25) is 0 Å². The number of benzene rings is 2. The molecule has 1 aliphatic carbocycles. The van der Waals surface area contributed by atoms with Crippen molar-refractivity contribution >= 4 is 33.1 Å². The van der Waals surface area contributed by atoms with Gasteiger partial charge in [0.1, 0.15) is 6.61 Å². The number of methoxy groups -OCH3 is 1. The number of fused-ring (bicyclic) bond motifs is 1. The van der Waals surface area contributed by atoms with E-state index in [1.807, 2.05) is 36.4 Å². The number of anilines is 1. The predicted octanol–water partition coefficient (Wildman–Crippen LogP) is 5.97. The number of para-hydroxylation sites is 1. The van der Waals surface area contributed by atoms with Gasteiger partial charge in [0.05, 0.1) is 28.3 Å². The average Bonchev–Trinajstić information content (AvgIpc) is 3.32. The van der Waals surface area contributed by atoms with Crippen molar-refractivity contribution < 1.29 is 14.3 Å². The number of carbonyl (C=O) groups excluding carboxylic acids is 1. The Kier molecular flexibility index (Phi) is 6.53. The number of pyridine rings is 1. The zero-order valence-corrected chi connectivity index (χ0v) is 19.6. The van der Waals surface area contributed by atoms with Crippen molar-refractivity contribution in [1.82, 2.24) is 9.97 Å². The summed E-state index contributed by atoms with van der Waals surface area (Å²) in [5.74, 6) is 1.02. The van der Waals surface area contributed by atoms with Gasteiger partial charge in [0, 0.05) is 35.6 Å². The quantitative estimate of drug-likeness (QED) is 0.336. The Morgan fingerprint density at radius 3 is 2.79 bits per heavy atom. The maximum atomic E-state index is 13.4. The van der Waals surface area contributed by atoms with E-state index >= 15 is 0 Å². The lowest BCUT2D eigenvalue weighted by Crippen LogP contribution is -2.29. The lowest BCUT2D eigenvalue weighted by molar-refractivity contribution is -0.120. The van der Waals surface area contributed by atoms with E-state index in [-0.39, 0.29) is 17.7 Å². The maximum Gasteiger partial charge on any atom is 0.228 e. The first-order chi connectivity index (χ1) is 16.7. The fourth-order valence-corrected chi connectivity index (χ4v) is 5.32. The number of amides is 1. The Morgan fingerprint density at radius 2 is 1.97 bits per heavy atom. The zero-order chi connectivity index (χ0) is 23.3. The molecule has 0 saturated carbocycles. The normalized spacial score (nSPS) is 17.4. The summed E-state index contributed by atoms with van der Waals surface area (Å²) in [4.78, 5) is 22.3. The van der Waals surface area contributed by atoms with E-state index in [4.69, 9.17) is 14.5 Å². The van der Waals surface area contributed by atoms with Gasteiger partial charge in [-0.2, -0.15) is 0 Å². The van der Waals surface area contributed by atoms with Crippen molar-refractivity contribution in [3.05, 3.63) is 89.7 Å². The lowest BCUT2D eigenvalue weighted by atomic mass is 9.82. The Morgan fingerprint density at radius 1 is 1.09 bits per heavy atom. The van der Waals surface area contributed by atoms with E-state index in [0.717, 1.165) is 27.2 Å². The van der Waals surface area contributed by atoms with Crippen LogP contribution >= 0.6 is 11.3 Å². The highest BCUT2D eigenvalue weighted by molar-refractivity contribution is 7.18. The first-order valence-electron chi connectivity index (χ1n) is 11.2. The van der Waals surface area contributed by atoms with Crippen molar-refractivity contribution in [3.63, 3.8) is 0 Å². The maximum absolute atomic E-state index is 13.4. The molecule has 1 amide bonds. The number of allylic oxidation sites excluding steroid dienone is 2. The molecule has 2 aromatic carbocycles. The minimum atomic E-state index is -0.188. The summed E-state index contributed by atoms with van der Waals surface area (Å²) in [6.45, 7) is 0.356. The molecule has 5 rings (SSSR count). The molecule has 2 unspecified atom stereocenters. The molecule has 6 nitrogen and oxygen atoms in total. The number of carbonyl (C=O) groups is 1. The van der Waals surface area contributed by atoms with E-state index in [0.29, 0.717) is 30.2 Å². The van der Waals surface area contributed by atoms with Gasteiger partial charge in [-0.05, 0) is 43.2 Å². The van der Waals surface area contributed by atoms with Gasteiger partial charge in [0.25, 0.3) is 0 Å². The first kappa shape index (κ1) is 22.1. The summed E-state index contributed by atoms with van der Waals surface area (Å²) < 4.78 is 12.6. The highest BCUT2D eigenvalue weighted by atomic mass is 32.1. The van der Waals surface area contributed by atoms with Crippen LogP contribution in [0.3, 0.4) is 0 Å². The average molecular weight is 472 g/mol. The molecule has 0 saturated heterocycles. The molecule has 1 aliphatic rings. The van der Waals surface area contributed by atoms with Crippen molar-refractivity contribution in [2.24, 2.45) is 5.92 Å². The second-order valence-corrected chi connectivity index (χ2v) is 9.24. The van der Waals surface area contributed by atoms with Gasteiger partial charge in [-0.1, -0.05) is 30.4 Å². The van der Waals surface area contributed by atoms with Crippen LogP contribution in [-0.4, -0.2) is 23.0 Å².